The van der Waals surface area contributed by atoms with Gasteiger partial charge in [-0.1, -0.05) is 18.9 Å². The lowest BCUT2D eigenvalue weighted by atomic mass is 10.1. The molecule has 0 aromatic heterocycles. The molecule has 162 valence electrons. The van der Waals surface area contributed by atoms with E-state index < -0.39 is 0 Å². The molecule has 2 N–H and O–H groups in total. The predicted octanol–water partition coefficient (Wildman–Crippen LogP) is 2.10. The first kappa shape index (κ1) is 20.8. The molecule has 3 amide bonds. The molecular formula is C23H32N4O3. The number of nitrogens with zero attached hydrogens (tertiary/aromatic N) is 2. The van der Waals surface area contributed by atoms with Crippen LogP contribution in [0, 0.1) is 11.8 Å². The third kappa shape index (κ3) is 5.39. The van der Waals surface area contributed by atoms with E-state index in [4.69, 9.17) is 0 Å². The minimum Gasteiger partial charge on any atom is -0.351 e. The van der Waals surface area contributed by atoms with Gasteiger partial charge in [-0.05, 0) is 43.9 Å². The number of carbonyl (C=O) groups is 3. The number of amides is 3. The van der Waals surface area contributed by atoms with Crippen molar-refractivity contribution < 1.29 is 14.4 Å². The van der Waals surface area contributed by atoms with Crippen LogP contribution < -0.4 is 10.6 Å². The second-order valence-corrected chi connectivity index (χ2v) is 8.75. The van der Waals surface area contributed by atoms with Crippen molar-refractivity contribution in [3.8, 4) is 0 Å². The zero-order chi connectivity index (χ0) is 20.9. The Kier molecular flexibility index (Phi) is 6.67. The molecule has 1 aromatic rings. The number of anilines is 1. The molecule has 0 bridgehead atoms. The number of piperazine rings is 1. The predicted molar refractivity (Wildman–Crippen MR) is 115 cm³/mol. The van der Waals surface area contributed by atoms with E-state index >= 15 is 0 Å². The van der Waals surface area contributed by atoms with Crippen LogP contribution >= 0.6 is 0 Å². The number of hydrogen-bond donors (Lipinski definition) is 2. The summed E-state index contributed by atoms with van der Waals surface area (Å²) < 4.78 is 0. The Bertz CT molecular complexity index is 778. The maximum Gasteiger partial charge on any atom is 0.251 e. The fourth-order valence-electron chi connectivity index (χ4n) is 4.38. The van der Waals surface area contributed by atoms with E-state index in [0.29, 0.717) is 23.7 Å². The summed E-state index contributed by atoms with van der Waals surface area (Å²) in [5.41, 5.74) is 1.22. The van der Waals surface area contributed by atoms with Crippen LogP contribution in [0.25, 0.3) is 0 Å². The van der Waals surface area contributed by atoms with E-state index in [1.165, 1.54) is 12.8 Å². The van der Waals surface area contributed by atoms with Crippen molar-refractivity contribution in [3.63, 3.8) is 0 Å². The summed E-state index contributed by atoms with van der Waals surface area (Å²) in [4.78, 5) is 41.2. The number of rotatable bonds is 7. The molecule has 30 heavy (non-hydrogen) atoms. The van der Waals surface area contributed by atoms with Crippen molar-refractivity contribution in [2.75, 3.05) is 44.6 Å². The van der Waals surface area contributed by atoms with Gasteiger partial charge in [-0.15, -0.1) is 0 Å². The maximum absolute atomic E-state index is 12.5. The summed E-state index contributed by atoms with van der Waals surface area (Å²) in [6, 6.07) is 7.08. The molecule has 4 rings (SSSR count). The third-order valence-corrected chi connectivity index (χ3v) is 6.44. The summed E-state index contributed by atoms with van der Waals surface area (Å²) in [5.74, 6) is 0.636. The maximum atomic E-state index is 12.5. The van der Waals surface area contributed by atoms with Gasteiger partial charge in [0, 0.05) is 62.4 Å². The minimum atomic E-state index is -0.132. The van der Waals surface area contributed by atoms with Gasteiger partial charge in [-0.25, -0.2) is 0 Å². The van der Waals surface area contributed by atoms with E-state index in [1.54, 1.807) is 18.2 Å². The second-order valence-electron chi connectivity index (χ2n) is 8.75. The average molecular weight is 413 g/mol. The van der Waals surface area contributed by atoms with Gasteiger partial charge in [0.15, 0.2) is 0 Å². The fraction of sp³-hybridized carbons (Fsp3) is 0.609. The Morgan fingerprint density at radius 1 is 0.933 bits per heavy atom. The number of nitrogens with one attached hydrogen (secondary N) is 2. The van der Waals surface area contributed by atoms with Crippen molar-refractivity contribution in [2.45, 2.75) is 38.5 Å². The molecule has 1 heterocycles. The van der Waals surface area contributed by atoms with Crippen molar-refractivity contribution in [3.05, 3.63) is 29.8 Å². The first-order valence-corrected chi connectivity index (χ1v) is 11.3. The molecule has 2 aliphatic carbocycles. The Morgan fingerprint density at radius 3 is 2.37 bits per heavy atom. The minimum absolute atomic E-state index is 0.0399. The smallest absolute Gasteiger partial charge is 0.251 e. The summed E-state index contributed by atoms with van der Waals surface area (Å²) >= 11 is 0. The molecule has 7 nitrogen and oxygen atoms in total. The molecule has 0 radical (unpaired) electrons. The van der Waals surface area contributed by atoms with Crippen LogP contribution in [-0.4, -0.2) is 66.8 Å². The molecule has 3 aliphatic rings. The Hall–Kier alpha value is -2.41. The quantitative estimate of drug-likeness (QED) is 0.719. The Balaban J connectivity index is 1.17. The third-order valence-electron chi connectivity index (χ3n) is 6.44. The SMILES string of the molecule is O=C(NCCN1CCN(C(=O)C2CCCC2)CC1)c1cccc(NC(=O)C2CC2)c1. The average Bonchev–Trinajstić information content (AvgIpc) is 3.48. The number of benzene rings is 1. The molecule has 1 saturated heterocycles. The zero-order valence-corrected chi connectivity index (χ0v) is 17.6. The number of hydrogen-bond acceptors (Lipinski definition) is 4. The van der Waals surface area contributed by atoms with Crippen LogP contribution in [0.4, 0.5) is 5.69 Å². The van der Waals surface area contributed by atoms with Gasteiger partial charge < -0.3 is 15.5 Å². The van der Waals surface area contributed by atoms with Crippen LogP contribution in [0.5, 0.6) is 0 Å². The monoisotopic (exact) mass is 412 g/mol. The highest BCUT2D eigenvalue weighted by Crippen LogP contribution is 2.30. The lowest BCUT2D eigenvalue weighted by molar-refractivity contribution is -0.137. The van der Waals surface area contributed by atoms with Crippen molar-refractivity contribution in [2.24, 2.45) is 11.8 Å². The van der Waals surface area contributed by atoms with Crippen LogP contribution in [0.3, 0.4) is 0 Å². The van der Waals surface area contributed by atoms with E-state index in [9.17, 15) is 14.4 Å². The van der Waals surface area contributed by atoms with E-state index in [-0.39, 0.29) is 23.7 Å². The molecule has 2 saturated carbocycles. The van der Waals surface area contributed by atoms with Gasteiger partial charge >= 0.3 is 0 Å². The first-order valence-electron chi connectivity index (χ1n) is 11.3. The topological polar surface area (TPSA) is 81.8 Å². The second kappa shape index (κ2) is 9.60. The molecule has 7 heteroatoms. The molecule has 1 aromatic carbocycles. The van der Waals surface area contributed by atoms with Crippen LogP contribution in [-0.2, 0) is 9.59 Å². The molecule has 0 unspecified atom stereocenters. The van der Waals surface area contributed by atoms with Gasteiger partial charge in [-0.3, -0.25) is 19.3 Å². The highest BCUT2D eigenvalue weighted by atomic mass is 16.2. The zero-order valence-electron chi connectivity index (χ0n) is 17.6. The molecule has 1 aliphatic heterocycles. The fourth-order valence-corrected chi connectivity index (χ4v) is 4.38. The lowest BCUT2D eigenvalue weighted by Gasteiger charge is -2.36. The van der Waals surface area contributed by atoms with E-state index in [2.05, 4.69) is 15.5 Å². The largest absolute Gasteiger partial charge is 0.351 e. The number of carbonyl (C=O) groups excluding carboxylic acids is 3. The van der Waals surface area contributed by atoms with Gasteiger partial charge in [0.2, 0.25) is 11.8 Å². The summed E-state index contributed by atoms with van der Waals surface area (Å²) in [5, 5.41) is 5.85. The Morgan fingerprint density at radius 2 is 1.67 bits per heavy atom. The standard InChI is InChI=1S/C23H32N4O3/c28-21(19-6-3-7-20(16-19)25-22(29)17-8-9-17)24-10-11-26-12-14-27(15-13-26)23(30)18-4-1-2-5-18/h3,6-7,16-18H,1-2,4-5,8-15H2,(H,24,28)(H,25,29). The lowest BCUT2D eigenvalue weighted by Crippen LogP contribution is -2.51. The van der Waals surface area contributed by atoms with Gasteiger partial charge in [-0.2, -0.15) is 0 Å². The molecule has 3 fully saturated rings. The van der Waals surface area contributed by atoms with Crippen LogP contribution in [0.1, 0.15) is 48.9 Å². The summed E-state index contributed by atoms with van der Waals surface area (Å²) in [7, 11) is 0. The van der Waals surface area contributed by atoms with Gasteiger partial charge in [0.25, 0.3) is 5.91 Å². The van der Waals surface area contributed by atoms with Crippen molar-refractivity contribution in [1.82, 2.24) is 15.1 Å². The molecule has 0 atom stereocenters. The van der Waals surface area contributed by atoms with Crippen LogP contribution in [0.2, 0.25) is 0 Å². The van der Waals surface area contributed by atoms with Crippen molar-refractivity contribution >= 4 is 23.4 Å². The summed E-state index contributed by atoms with van der Waals surface area (Å²) in [6.45, 7) is 4.62. The van der Waals surface area contributed by atoms with Gasteiger partial charge in [0.1, 0.15) is 0 Å². The van der Waals surface area contributed by atoms with Gasteiger partial charge in [0.05, 0.1) is 0 Å². The molecular weight excluding hydrogens is 380 g/mol. The highest BCUT2D eigenvalue weighted by molar-refractivity contribution is 5.98. The van der Waals surface area contributed by atoms with E-state index in [0.717, 1.165) is 58.4 Å². The van der Waals surface area contributed by atoms with E-state index in [1.807, 2.05) is 11.0 Å². The first-order chi connectivity index (χ1) is 14.6. The molecule has 0 spiro atoms. The summed E-state index contributed by atoms with van der Waals surface area (Å²) in [6.07, 6.45) is 6.38. The Labute approximate surface area is 178 Å². The van der Waals surface area contributed by atoms with Crippen molar-refractivity contribution in [1.29, 1.82) is 0 Å². The van der Waals surface area contributed by atoms with Crippen LogP contribution in [0.15, 0.2) is 24.3 Å². The normalized spacial score (nSPS) is 20.2. The highest BCUT2D eigenvalue weighted by Gasteiger charge is 2.30.